The molecule has 0 aliphatic carbocycles. The number of anilines is 1. The van der Waals surface area contributed by atoms with Gasteiger partial charge >= 0.3 is 6.09 Å². The lowest BCUT2D eigenvalue weighted by Crippen LogP contribution is -2.38. The van der Waals surface area contributed by atoms with E-state index < -0.39 is 11.7 Å². The lowest BCUT2D eigenvalue weighted by Gasteiger charge is -2.31. The summed E-state index contributed by atoms with van der Waals surface area (Å²) in [6, 6.07) is 15.0. The summed E-state index contributed by atoms with van der Waals surface area (Å²) in [5.74, 6) is 0.544. The van der Waals surface area contributed by atoms with Gasteiger partial charge in [0.15, 0.2) is 0 Å². The van der Waals surface area contributed by atoms with Crippen molar-refractivity contribution in [2.24, 2.45) is 0 Å². The van der Waals surface area contributed by atoms with Gasteiger partial charge in [-0.15, -0.1) is 0 Å². The zero-order valence-corrected chi connectivity index (χ0v) is 21.1. The lowest BCUT2D eigenvalue weighted by atomic mass is 10.1. The van der Waals surface area contributed by atoms with Gasteiger partial charge in [0.1, 0.15) is 18.0 Å². The van der Waals surface area contributed by atoms with Crippen LogP contribution in [0.4, 0.5) is 10.5 Å². The predicted octanol–water partition coefficient (Wildman–Crippen LogP) is 4.45. The van der Waals surface area contributed by atoms with E-state index in [4.69, 9.17) is 14.2 Å². The number of nitrogens with one attached hydrogen (secondary N) is 2. The number of carbonyl (C=O) groups excluding carboxylic acids is 2. The van der Waals surface area contributed by atoms with Crippen LogP contribution in [-0.2, 0) is 16.0 Å². The Morgan fingerprint density at radius 2 is 1.83 bits per heavy atom. The number of ether oxygens (including phenoxy) is 3. The van der Waals surface area contributed by atoms with Crippen LogP contribution in [0.25, 0.3) is 0 Å². The second-order valence-corrected chi connectivity index (χ2v) is 9.71. The lowest BCUT2D eigenvalue weighted by molar-refractivity contribution is 0.0392. The van der Waals surface area contributed by atoms with Crippen LogP contribution in [0.1, 0.15) is 49.5 Å². The maximum absolute atomic E-state index is 12.7. The normalized spacial score (nSPS) is 14.4. The van der Waals surface area contributed by atoms with E-state index in [-0.39, 0.29) is 5.91 Å². The third-order valence-electron chi connectivity index (χ3n) is 5.65. The average molecular weight is 484 g/mol. The fourth-order valence-corrected chi connectivity index (χ4v) is 3.81. The first-order valence-corrected chi connectivity index (χ1v) is 12.1. The molecule has 1 aliphatic heterocycles. The summed E-state index contributed by atoms with van der Waals surface area (Å²) in [4.78, 5) is 27.0. The van der Waals surface area contributed by atoms with E-state index >= 15 is 0 Å². The van der Waals surface area contributed by atoms with Crippen molar-refractivity contribution in [3.05, 3.63) is 59.7 Å². The van der Waals surface area contributed by atoms with Crippen LogP contribution in [0, 0.1) is 0 Å². The maximum Gasteiger partial charge on any atom is 0.412 e. The van der Waals surface area contributed by atoms with E-state index in [1.165, 1.54) is 0 Å². The van der Waals surface area contributed by atoms with Gasteiger partial charge in [-0.1, -0.05) is 18.2 Å². The molecule has 0 unspecified atom stereocenters. The largest absolute Gasteiger partial charge is 0.492 e. The quantitative estimate of drug-likeness (QED) is 0.548. The Labute approximate surface area is 207 Å². The summed E-state index contributed by atoms with van der Waals surface area (Å²) >= 11 is 0. The van der Waals surface area contributed by atoms with Gasteiger partial charge in [0.05, 0.1) is 0 Å². The first kappa shape index (κ1) is 26.5. The molecule has 0 saturated carbocycles. The molecule has 0 atom stereocenters. The molecule has 1 aliphatic rings. The molecule has 35 heavy (non-hydrogen) atoms. The molecule has 0 radical (unpaired) electrons. The Kier molecular flexibility index (Phi) is 9.51. The smallest absolute Gasteiger partial charge is 0.412 e. The number of nitrogens with zero attached hydrogens (tertiary/aromatic N) is 1. The van der Waals surface area contributed by atoms with Gasteiger partial charge in [0, 0.05) is 43.6 Å². The Hall–Kier alpha value is -3.10. The molecule has 3 rings (SSSR count). The van der Waals surface area contributed by atoms with Crippen molar-refractivity contribution in [2.75, 3.05) is 38.7 Å². The molecule has 1 saturated heterocycles. The van der Waals surface area contributed by atoms with E-state index in [0.717, 1.165) is 43.9 Å². The molecule has 1 fully saturated rings. The predicted molar refractivity (Wildman–Crippen MR) is 136 cm³/mol. The van der Waals surface area contributed by atoms with Crippen molar-refractivity contribution in [3.63, 3.8) is 0 Å². The van der Waals surface area contributed by atoms with Crippen LogP contribution in [-0.4, -0.2) is 62.0 Å². The van der Waals surface area contributed by atoms with Gasteiger partial charge in [-0.3, -0.25) is 15.0 Å². The highest BCUT2D eigenvalue weighted by atomic mass is 16.6. The summed E-state index contributed by atoms with van der Waals surface area (Å²) in [6.45, 7) is 8.84. The highest BCUT2D eigenvalue weighted by Gasteiger charge is 2.18. The molecule has 0 spiro atoms. The van der Waals surface area contributed by atoms with Crippen molar-refractivity contribution >= 4 is 17.7 Å². The van der Waals surface area contributed by atoms with E-state index in [9.17, 15) is 9.59 Å². The van der Waals surface area contributed by atoms with Crippen molar-refractivity contribution in [1.29, 1.82) is 0 Å². The third-order valence-corrected chi connectivity index (χ3v) is 5.65. The number of hydrogen-bond acceptors (Lipinski definition) is 6. The van der Waals surface area contributed by atoms with Gasteiger partial charge in [-0.2, -0.15) is 0 Å². The number of rotatable bonds is 9. The molecule has 2 N–H and O–H groups in total. The topological polar surface area (TPSA) is 89.1 Å². The molecular weight excluding hydrogens is 446 g/mol. The first-order chi connectivity index (χ1) is 16.7. The first-order valence-electron chi connectivity index (χ1n) is 12.1. The summed E-state index contributed by atoms with van der Waals surface area (Å²) in [5.41, 5.74) is 1.28. The van der Waals surface area contributed by atoms with E-state index in [1.54, 1.807) is 45.0 Å². The van der Waals surface area contributed by atoms with Crippen LogP contribution < -0.4 is 15.4 Å². The molecule has 8 nitrogen and oxygen atoms in total. The van der Waals surface area contributed by atoms with E-state index in [1.807, 2.05) is 24.3 Å². The van der Waals surface area contributed by atoms with Gasteiger partial charge in [0.2, 0.25) is 0 Å². The number of carbonyl (C=O) groups is 2. The fraction of sp³-hybridized carbons (Fsp3) is 0.481. The summed E-state index contributed by atoms with van der Waals surface area (Å²) in [5, 5.41) is 5.58. The number of likely N-dealkylation sites (N-methyl/N-ethyl adjacent to an activating group) is 1. The zero-order valence-electron chi connectivity index (χ0n) is 21.1. The molecular formula is C27H37N3O5. The fourth-order valence-electron chi connectivity index (χ4n) is 3.81. The monoisotopic (exact) mass is 483 g/mol. The van der Waals surface area contributed by atoms with Crippen LogP contribution in [0.2, 0.25) is 0 Å². The number of hydrogen-bond donors (Lipinski definition) is 2. The van der Waals surface area contributed by atoms with Gasteiger partial charge in [0.25, 0.3) is 5.91 Å². The van der Waals surface area contributed by atoms with Crippen LogP contribution in [0.3, 0.4) is 0 Å². The van der Waals surface area contributed by atoms with Crippen molar-refractivity contribution < 1.29 is 23.8 Å². The highest BCUT2D eigenvalue weighted by Crippen LogP contribution is 2.17. The highest BCUT2D eigenvalue weighted by molar-refractivity contribution is 5.96. The van der Waals surface area contributed by atoms with E-state index in [2.05, 4.69) is 22.6 Å². The molecule has 0 aromatic heterocycles. The molecule has 2 aromatic carbocycles. The van der Waals surface area contributed by atoms with Crippen LogP contribution >= 0.6 is 0 Å². The molecule has 0 bridgehead atoms. The molecule has 1 heterocycles. The minimum absolute atomic E-state index is 0.234. The Bertz CT molecular complexity index is 983. The summed E-state index contributed by atoms with van der Waals surface area (Å²) < 4.78 is 16.6. The zero-order chi connectivity index (χ0) is 25.3. The summed E-state index contributed by atoms with van der Waals surface area (Å²) in [7, 11) is 2.13. The minimum atomic E-state index is -0.599. The molecule has 8 heteroatoms. The van der Waals surface area contributed by atoms with Gasteiger partial charge in [-0.25, -0.2) is 4.79 Å². The second kappa shape index (κ2) is 12.6. The van der Waals surface area contributed by atoms with Gasteiger partial charge < -0.3 is 19.5 Å². The minimum Gasteiger partial charge on any atom is -0.492 e. The van der Waals surface area contributed by atoms with Crippen LogP contribution in [0.5, 0.6) is 5.75 Å². The summed E-state index contributed by atoms with van der Waals surface area (Å²) in [6.07, 6.45) is 1.56. The SMILES string of the molecule is CN(CCOc1cccc(CNC(=O)c2cccc(NC(=O)OC(C)(C)C)c2)c1)C1CCOCC1. The number of amides is 2. The standard InChI is InChI=1S/C27H37N3O5/c1-27(2,3)35-26(32)29-22-9-6-8-21(18-22)25(31)28-19-20-7-5-10-24(17-20)34-16-13-30(4)23-11-14-33-15-12-23/h5-10,17-18,23H,11-16,19H2,1-4H3,(H,28,31)(H,29,32). The Morgan fingerprint density at radius 1 is 1.09 bits per heavy atom. The van der Waals surface area contributed by atoms with Crippen molar-refractivity contribution in [3.8, 4) is 5.75 Å². The Balaban J connectivity index is 1.47. The Morgan fingerprint density at radius 3 is 2.57 bits per heavy atom. The average Bonchev–Trinajstić information content (AvgIpc) is 2.82. The van der Waals surface area contributed by atoms with Crippen molar-refractivity contribution in [1.82, 2.24) is 10.2 Å². The van der Waals surface area contributed by atoms with Crippen molar-refractivity contribution in [2.45, 2.75) is 51.8 Å². The van der Waals surface area contributed by atoms with E-state index in [0.29, 0.717) is 30.4 Å². The number of benzene rings is 2. The third kappa shape index (κ3) is 9.22. The van der Waals surface area contributed by atoms with Crippen LogP contribution in [0.15, 0.2) is 48.5 Å². The second-order valence-electron chi connectivity index (χ2n) is 9.71. The molecule has 2 aromatic rings. The molecule has 190 valence electrons. The molecule has 2 amide bonds. The maximum atomic E-state index is 12.7. The van der Waals surface area contributed by atoms with Gasteiger partial charge in [-0.05, 0) is 76.6 Å².